The summed E-state index contributed by atoms with van der Waals surface area (Å²) in [6, 6.07) is 9.87. The first-order chi connectivity index (χ1) is 10.3. The van der Waals surface area contributed by atoms with E-state index >= 15 is 0 Å². The van der Waals surface area contributed by atoms with E-state index in [2.05, 4.69) is 18.0 Å². The molecule has 0 N–H and O–H groups in total. The number of carbonyl (C=O) groups excluding carboxylic acids is 1. The number of Topliss-reactive ketones (excluding diaryl/α,β-unsaturated/α-hetero) is 1. The number of ketones is 1. The van der Waals surface area contributed by atoms with Crippen LogP contribution in [0.5, 0.6) is 5.75 Å². The maximum atomic E-state index is 12.6. The van der Waals surface area contributed by atoms with Gasteiger partial charge in [0.2, 0.25) is 0 Å². The van der Waals surface area contributed by atoms with Gasteiger partial charge in [0, 0.05) is 24.4 Å². The van der Waals surface area contributed by atoms with Gasteiger partial charge in [0.05, 0.1) is 6.61 Å². The highest BCUT2D eigenvalue weighted by molar-refractivity contribution is 5.97. The van der Waals surface area contributed by atoms with Crippen LogP contribution >= 0.6 is 0 Å². The van der Waals surface area contributed by atoms with Crippen molar-refractivity contribution in [2.45, 2.75) is 32.1 Å². The minimum absolute atomic E-state index is 0.205. The third-order valence-corrected chi connectivity index (χ3v) is 4.10. The highest BCUT2D eigenvalue weighted by Crippen LogP contribution is 2.36. The summed E-state index contributed by atoms with van der Waals surface area (Å²) in [5.41, 5.74) is 3.00. The number of ether oxygens (including phenoxy) is 1. The summed E-state index contributed by atoms with van der Waals surface area (Å²) in [7, 11) is 0. The molecule has 0 saturated carbocycles. The Morgan fingerprint density at radius 1 is 1.33 bits per heavy atom. The first-order valence-electron chi connectivity index (χ1n) is 7.47. The van der Waals surface area contributed by atoms with Crippen molar-refractivity contribution in [2.24, 2.45) is 0 Å². The van der Waals surface area contributed by atoms with E-state index in [0.717, 1.165) is 35.3 Å². The van der Waals surface area contributed by atoms with Crippen LogP contribution in [0.3, 0.4) is 0 Å². The molecule has 3 heteroatoms. The zero-order chi connectivity index (χ0) is 14.7. The number of nitrogens with zero attached hydrogens (tertiary/aromatic N) is 1. The van der Waals surface area contributed by atoms with Crippen molar-refractivity contribution in [3.63, 3.8) is 0 Å². The van der Waals surface area contributed by atoms with E-state index in [1.807, 2.05) is 24.3 Å². The minimum atomic E-state index is 0.205. The third kappa shape index (κ3) is 2.82. The molecule has 1 aliphatic rings. The maximum Gasteiger partial charge on any atom is 0.163 e. The summed E-state index contributed by atoms with van der Waals surface area (Å²) < 4.78 is 5.66. The van der Waals surface area contributed by atoms with Gasteiger partial charge in [0.1, 0.15) is 5.75 Å². The second-order valence-corrected chi connectivity index (χ2v) is 5.39. The van der Waals surface area contributed by atoms with E-state index in [-0.39, 0.29) is 11.7 Å². The molecule has 0 amide bonds. The van der Waals surface area contributed by atoms with Crippen LogP contribution in [-0.4, -0.2) is 17.4 Å². The number of fused-ring (bicyclic) bond motifs is 1. The first kappa shape index (κ1) is 13.8. The molecular weight excluding hydrogens is 262 g/mol. The Balaban J connectivity index is 1.83. The van der Waals surface area contributed by atoms with Gasteiger partial charge >= 0.3 is 0 Å². The van der Waals surface area contributed by atoms with Crippen molar-refractivity contribution in [3.8, 4) is 5.75 Å². The molecule has 1 aromatic carbocycles. The molecule has 1 atom stereocenters. The molecule has 21 heavy (non-hydrogen) atoms. The number of aromatic nitrogens is 1. The van der Waals surface area contributed by atoms with Crippen LogP contribution in [0.4, 0.5) is 0 Å². The molecule has 1 aromatic heterocycles. The Kier molecular flexibility index (Phi) is 4.00. The van der Waals surface area contributed by atoms with Crippen molar-refractivity contribution in [1.29, 1.82) is 0 Å². The molecule has 0 spiro atoms. The average Bonchev–Trinajstić information content (AvgIpc) is 2.55. The Labute approximate surface area is 125 Å². The molecule has 3 rings (SSSR count). The number of hydrogen-bond donors (Lipinski definition) is 0. The zero-order valence-electron chi connectivity index (χ0n) is 12.2. The molecule has 0 fully saturated rings. The van der Waals surface area contributed by atoms with Gasteiger partial charge in [-0.2, -0.15) is 0 Å². The molecule has 0 saturated heterocycles. The van der Waals surface area contributed by atoms with Crippen LogP contribution in [0.25, 0.3) is 0 Å². The summed E-state index contributed by atoms with van der Waals surface area (Å²) in [6.07, 6.45) is 5.77. The van der Waals surface area contributed by atoms with Crippen LogP contribution in [0, 0.1) is 0 Å². The van der Waals surface area contributed by atoms with Crippen LogP contribution in [0.1, 0.15) is 47.2 Å². The fourth-order valence-corrected chi connectivity index (χ4v) is 2.94. The second-order valence-electron chi connectivity index (χ2n) is 5.39. The maximum absolute atomic E-state index is 12.6. The molecule has 0 aliphatic carbocycles. The first-order valence-corrected chi connectivity index (χ1v) is 7.47. The lowest BCUT2D eigenvalue weighted by molar-refractivity contribution is 0.0965. The minimum Gasteiger partial charge on any atom is -0.493 e. The zero-order valence-corrected chi connectivity index (χ0v) is 12.2. The SMILES string of the molecule is CCc1cnccc1C(=O)CC1CCOc2ccccc21. The fraction of sp³-hybridized carbons (Fsp3) is 0.333. The van der Waals surface area contributed by atoms with Gasteiger partial charge in [0.25, 0.3) is 0 Å². The average molecular weight is 281 g/mol. The van der Waals surface area contributed by atoms with Crippen LogP contribution < -0.4 is 4.74 Å². The topological polar surface area (TPSA) is 39.2 Å². The lowest BCUT2D eigenvalue weighted by Gasteiger charge is -2.25. The standard InChI is InChI=1S/C18H19NO2/c1-2-13-12-19-9-7-15(13)17(20)11-14-8-10-21-18-6-4-3-5-16(14)18/h3-7,9,12,14H,2,8,10-11H2,1H3. The Hall–Kier alpha value is -2.16. The van der Waals surface area contributed by atoms with E-state index in [1.54, 1.807) is 12.4 Å². The normalized spacial score (nSPS) is 16.9. The quantitative estimate of drug-likeness (QED) is 0.800. The Bertz CT molecular complexity index is 651. The smallest absolute Gasteiger partial charge is 0.163 e. The van der Waals surface area contributed by atoms with E-state index < -0.39 is 0 Å². The highest BCUT2D eigenvalue weighted by Gasteiger charge is 2.24. The van der Waals surface area contributed by atoms with Gasteiger partial charge in [-0.05, 0) is 42.0 Å². The van der Waals surface area contributed by atoms with Crippen molar-refractivity contribution in [2.75, 3.05) is 6.61 Å². The Morgan fingerprint density at radius 2 is 2.19 bits per heavy atom. The molecule has 1 aliphatic heterocycles. The molecule has 2 heterocycles. The van der Waals surface area contributed by atoms with Gasteiger partial charge in [-0.1, -0.05) is 25.1 Å². The predicted octanol–water partition coefficient (Wildman–Crippen LogP) is 3.78. The van der Waals surface area contributed by atoms with Crippen LogP contribution in [-0.2, 0) is 6.42 Å². The van der Waals surface area contributed by atoms with Gasteiger partial charge in [0.15, 0.2) is 5.78 Å². The number of pyridine rings is 1. The second kappa shape index (κ2) is 6.08. The number of hydrogen-bond acceptors (Lipinski definition) is 3. The van der Waals surface area contributed by atoms with Crippen LogP contribution in [0.2, 0.25) is 0 Å². The van der Waals surface area contributed by atoms with E-state index in [9.17, 15) is 4.79 Å². The molecule has 0 bridgehead atoms. The lowest BCUT2D eigenvalue weighted by Crippen LogP contribution is -2.17. The van der Waals surface area contributed by atoms with E-state index in [1.165, 1.54) is 0 Å². The number of benzene rings is 1. The summed E-state index contributed by atoms with van der Waals surface area (Å²) in [5, 5.41) is 0. The van der Waals surface area contributed by atoms with Gasteiger partial charge < -0.3 is 4.74 Å². The fourth-order valence-electron chi connectivity index (χ4n) is 2.94. The van der Waals surface area contributed by atoms with Crippen molar-refractivity contribution < 1.29 is 9.53 Å². The molecule has 0 radical (unpaired) electrons. The molecular formula is C18H19NO2. The number of para-hydroxylation sites is 1. The van der Waals surface area contributed by atoms with E-state index in [4.69, 9.17) is 4.74 Å². The summed E-state index contributed by atoms with van der Waals surface area (Å²) in [4.78, 5) is 16.7. The number of rotatable bonds is 4. The largest absolute Gasteiger partial charge is 0.493 e. The highest BCUT2D eigenvalue weighted by atomic mass is 16.5. The monoisotopic (exact) mass is 281 g/mol. The van der Waals surface area contributed by atoms with Gasteiger partial charge in [-0.25, -0.2) is 0 Å². The Morgan fingerprint density at radius 3 is 3.05 bits per heavy atom. The van der Waals surface area contributed by atoms with Crippen LogP contribution in [0.15, 0.2) is 42.7 Å². The predicted molar refractivity (Wildman–Crippen MR) is 81.9 cm³/mol. The third-order valence-electron chi connectivity index (χ3n) is 4.10. The lowest BCUT2D eigenvalue weighted by atomic mass is 9.86. The molecule has 2 aromatic rings. The molecule has 1 unspecified atom stereocenters. The van der Waals surface area contributed by atoms with Crippen molar-refractivity contribution in [3.05, 3.63) is 59.4 Å². The summed E-state index contributed by atoms with van der Waals surface area (Å²) in [6.45, 7) is 2.74. The number of aryl methyl sites for hydroxylation is 1. The van der Waals surface area contributed by atoms with Crippen molar-refractivity contribution >= 4 is 5.78 Å². The van der Waals surface area contributed by atoms with Gasteiger partial charge in [-0.15, -0.1) is 0 Å². The number of carbonyl (C=O) groups is 1. The van der Waals surface area contributed by atoms with E-state index in [0.29, 0.717) is 13.0 Å². The summed E-state index contributed by atoms with van der Waals surface area (Å²) >= 11 is 0. The van der Waals surface area contributed by atoms with Gasteiger partial charge in [-0.3, -0.25) is 9.78 Å². The van der Waals surface area contributed by atoms with Crippen molar-refractivity contribution in [1.82, 2.24) is 4.98 Å². The molecule has 108 valence electrons. The summed E-state index contributed by atoms with van der Waals surface area (Å²) in [5.74, 6) is 1.38. The molecule has 3 nitrogen and oxygen atoms in total.